The van der Waals surface area contributed by atoms with Gasteiger partial charge < -0.3 is 5.11 Å². The second kappa shape index (κ2) is 5.41. The molecule has 1 N–H and O–H groups in total. The number of carboxylic acid groups (broad SMARTS) is 1. The van der Waals surface area contributed by atoms with Crippen molar-refractivity contribution in [2.45, 2.75) is 51.3 Å². The normalized spacial score (nSPS) is 34.7. The van der Waals surface area contributed by atoms with E-state index in [1.165, 1.54) is 12.2 Å². The van der Waals surface area contributed by atoms with Gasteiger partial charge in [0.05, 0.1) is 5.41 Å². The Morgan fingerprint density at radius 3 is 2.72 bits per heavy atom. The number of piperidine rings is 1. The smallest absolute Gasteiger partial charge is 0.309 e. The molecular weight excluding hydrogens is 246 g/mol. The lowest BCUT2D eigenvalue weighted by Crippen LogP contribution is -2.48. The van der Waals surface area contributed by atoms with Gasteiger partial charge in [-0.1, -0.05) is 6.92 Å². The standard InChI is InChI=1S/C14H25NO2S/c1-10-7-12(9-18-10)15-6-4-5-11(8-15)14(2,3)13(16)17/h10-12H,4-9H2,1-3H3,(H,16,17). The second-order valence-corrected chi connectivity index (χ2v) is 7.87. The van der Waals surface area contributed by atoms with E-state index in [2.05, 4.69) is 23.6 Å². The van der Waals surface area contributed by atoms with Crippen LogP contribution >= 0.6 is 11.8 Å². The predicted octanol–water partition coefficient (Wildman–Crippen LogP) is 2.70. The lowest BCUT2D eigenvalue weighted by atomic mass is 9.74. The third-order valence-electron chi connectivity index (χ3n) is 4.72. The maximum Gasteiger partial charge on any atom is 0.309 e. The van der Waals surface area contributed by atoms with Crippen LogP contribution in [-0.4, -0.2) is 46.1 Å². The van der Waals surface area contributed by atoms with Gasteiger partial charge in [0.25, 0.3) is 0 Å². The monoisotopic (exact) mass is 271 g/mol. The molecule has 2 fully saturated rings. The average molecular weight is 271 g/mol. The molecule has 2 saturated heterocycles. The molecule has 2 heterocycles. The highest BCUT2D eigenvalue weighted by molar-refractivity contribution is 8.00. The zero-order chi connectivity index (χ0) is 13.3. The van der Waals surface area contributed by atoms with Crippen molar-refractivity contribution in [3.8, 4) is 0 Å². The molecule has 3 unspecified atom stereocenters. The first-order chi connectivity index (χ1) is 8.41. The summed E-state index contributed by atoms with van der Waals surface area (Å²) < 4.78 is 0. The Balaban J connectivity index is 1.98. The Morgan fingerprint density at radius 1 is 1.44 bits per heavy atom. The fourth-order valence-electron chi connectivity index (χ4n) is 3.15. The van der Waals surface area contributed by atoms with Crippen molar-refractivity contribution >= 4 is 17.7 Å². The summed E-state index contributed by atoms with van der Waals surface area (Å²) in [6.07, 6.45) is 3.48. The molecule has 3 atom stereocenters. The lowest BCUT2D eigenvalue weighted by Gasteiger charge is -2.41. The van der Waals surface area contributed by atoms with Crippen molar-refractivity contribution < 1.29 is 9.90 Å². The van der Waals surface area contributed by atoms with Crippen molar-refractivity contribution in [2.75, 3.05) is 18.8 Å². The quantitative estimate of drug-likeness (QED) is 0.857. The number of nitrogens with zero attached hydrogens (tertiary/aromatic N) is 1. The van der Waals surface area contributed by atoms with Gasteiger partial charge >= 0.3 is 5.97 Å². The Labute approximate surface area is 114 Å². The van der Waals surface area contributed by atoms with Gasteiger partial charge in [-0.15, -0.1) is 0 Å². The molecular formula is C14H25NO2S. The number of thioether (sulfide) groups is 1. The fraction of sp³-hybridized carbons (Fsp3) is 0.929. The van der Waals surface area contributed by atoms with Gasteiger partial charge in [-0.2, -0.15) is 11.8 Å². The van der Waals surface area contributed by atoms with Crippen LogP contribution in [0, 0.1) is 11.3 Å². The molecule has 0 aliphatic carbocycles. The van der Waals surface area contributed by atoms with E-state index in [-0.39, 0.29) is 0 Å². The molecule has 2 aliphatic rings. The molecule has 0 saturated carbocycles. The molecule has 4 heteroatoms. The zero-order valence-electron chi connectivity index (χ0n) is 11.7. The minimum atomic E-state index is -0.650. The largest absolute Gasteiger partial charge is 0.481 e. The van der Waals surface area contributed by atoms with Gasteiger partial charge in [0.2, 0.25) is 0 Å². The Hall–Kier alpha value is -0.220. The summed E-state index contributed by atoms with van der Waals surface area (Å²) in [6.45, 7) is 8.19. The SMILES string of the molecule is CC1CC(N2CCCC(C(C)(C)C(=O)O)C2)CS1. The molecule has 104 valence electrons. The van der Waals surface area contributed by atoms with E-state index < -0.39 is 11.4 Å². The third-order valence-corrected chi connectivity index (χ3v) is 6.06. The van der Waals surface area contributed by atoms with E-state index >= 15 is 0 Å². The van der Waals surface area contributed by atoms with Gasteiger partial charge in [0.1, 0.15) is 0 Å². The summed E-state index contributed by atoms with van der Waals surface area (Å²) in [5.41, 5.74) is -0.587. The van der Waals surface area contributed by atoms with Gasteiger partial charge in [0, 0.05) is 23.6 Å². The molecule has 0 bridgehead atoms. The highest BCUT2D eigenvalue weighted by Gasteiger charge is 2.41. The van der Waals surface area contributed by atoms with Crippen molar-refractivity contribution in [2.24, 2.45) is 11.3 Å². The summed E-state index contributed by atoms with van der Waals surface area (Å²) in [5, 5.41) is 10.1. The van der Waals surface area contributed by atoms with E-state index in [0.29, 0.717) is 12.0 Å². The first-order valence-corrected chi connectivity index (χ1v) is 8.05. The molecule has 0 radical (unpaired) electrons. The number of carbonyl (C=O) groups is 1. The molecule has 0 aromatic carbocycles. The number of aliphatic carboxylic acids is 1. The maximum atomic E-state index is 11.4. The topological polar surface area (TPSA) is 40.5 Å². The summed E-state index contributed by atoms with van der Waals surface area (Å²) in [6, 6.07) is 0.678. The predicted molar refractivity (Wildman–Crippen MR) is 76.0 cm³/mol. The van der Waals surface area contributed by atoms with E-state index in [1.807, 2.05) is 13.8 Å². The Kier molecular flexibility index (Phi) is 4.27. The van der Waals surface area contributed by atoms with Gasteiger partial charge in [-0.05, 0) is 45.6 Å². The average Bonchev–Trinajstić information content (AvgIpc) is 2.76. The highest BCUT2D eigenvalue weighted by Crippen LogP contribution is 2.37. The van der Waals surface area contributed by atoms with Gasteiger partial charge in [-0.25, -0.2) is 0 Å². The highest BCUT2D eigenvalue weighted by atomic mass is 32.2. The summed E-state index contributed by atoms with van der Waals surface area (Å²) in [5.74, 6) is 0.870. The lowest BCUT2D eigenvalue weighted by molar-refractivity contribution is -0.151. The molecule has 0 aromatic rings. The third kappa shape index (κ3) is 2.85. The van der Waals surface area contributed by atoms with Crippen LogP contribution in [0.4, 0.5) is 0 Å². The van der Waals surface area contributed by atoms with Crippen LogP contribution in [0.3, 0.4) is 0 Å². The van der Waals surface area contributed by atoms with Crippen LogP contribution in [0.1, 0.15) is 40.0 Å². The van der Waals surface area contributed by atoms with Crippen LogP contribution in [0.5, 0.6) is 0 Å². The molecule has 2 rings (SSSR count). The summed E-state index contributed by atoms with van der Waals surface area (Å²) in [4.78, 5) is 13.9. The van der Waals surface area contributed by atoms with E-state index in [0.717, 1.165) is 31.2 Å². The van der Waals surface area contributed by atoms with Crippen LogP contribution in [-0.2, 0) is 4.79 Å². The molecule has 3 nitrogen and oxygen atoms in total. The van der Waals surface area contributed by atoms with Crippen molar-refractivity contribution in [3.05, 3.63) is 0 Å². The number of likely N-dealkylation sites (tertiary alicyclic amines) is 1. The van der Waals surface area contributed by atoms with Crippen LogP contribution < -0.4 is 0 Å². The van der Waals surface area contributed by atoms with Gasteiger partial charge in [0.15, 0.2) is 0 Å². The molecule has 0 spiro atoms. The minimum Gasteiger partial charge on any atom is -0.481 e. The van der Waals surface area contributed by atoms with Crippen LogP contribution in [0.25, 0.3) is 0 Å². The van der Waals surface area contributed by atoms with E-state index in [4.69, 9.17) is 0 Å². The first-order valence-electron chi connectivity index (χ1n) is 7.00. The number of carboxylic acids is 1. The Bertz CT molecular complexity index is 319. The molecule has 0 amide bonds. The molecule has 0 aromatic heterocycles. The minimum absolute atomic E-state index is 0.296. The van der Waals surface area contributed by atoms with Crippen molar-refractivity contribution in [3.63, 3.8) is 0 Å². The fourth-order valence-corrected chi connectivity index (χ4v) is 4.41. The van der Waals surface area contributed by atoms with E-state index in [1.54, 1.807) is 0 Å². The molecule has 18 heavy (non-hydrogen) atoms. The second-order valence-electron chi connectivity index (χ2n) is 6.39. The van der Waals surface area contributed by atoms with E-state index in [9.17, 15) is 9.90 Å². The summed E-state index contributed by atoms with van der Waals surface area (Å²) in [7, 11) is 0. The zero-order valence-corrected chi connectivity index (χ0v) is 12.5. The number of rotatable bonds is 3. The maximum absolute atomic E-state index is 11.4. The Morgan fingerprint density at radius 2 is 2.17 bits per heavy atom. The summed E-state index contributed by atoms with van der Waals surface area (Å²) >= 11 is 2.06. The van der Waals surface area contributed by atoms with Crippen LogP contribution in [0.15, 0.2) is 0 Å². The van der Waals surface area contributed by atoms with Crippen molar-refractivity contribution in [1.82, 2.24) is 4.90 Å². The van der Waals surface area contributed by atoms with Crippen molar-refractivity contribution in [1.29, 1.82) is 0 Å². The number of hydrogen-bond acceptors (Lipinski definition) is 3. The molecule has 2 aliphatic heterocycles. The van der Waals surface area contributed by atoms with Gasteiger partial charge in [-0.3, -0.25) is 9.69 Å². The van der Waals surface area contributed by atoms with Crippen LogP contribution in [0.2, 0.25) is 0 Å². The first kappa shape index (κ1) is 14.2. The number of hydrogen-bond donors (Lipinski definition) is 1.